The Balaban J connectivity index is 1.45. The topological polar surface area (TPSA) is 79.3 Å². The van der Waals surface area contributed by atoms with E-state index in [0.29, 0.717) is 11.8 Å². The van der Waals surface area contributed by atoms with Gasteiger partial charge in [-0.3, -0.25) is 4.79 Å². The number of thiophene rings is 1. The molecule has 0 unspecified atom stereocenters. The Kier molecular flexibility index (Phi) is 9.36. The molecule has 0 bridgehead atoms. The van der Waals surface area contributed by atoms with Crippen molar-refractivity contribution in [3.05, 3.63) is 87.4 Å². The standard InChI is InChI=1S/C37H44N2O3S/c1-6-37(4,5)28-15-13-25(14-16-28)26-11-12-27-21-32(38-31(30(27)20-26)19-24-9-7-8-10-24)35(40)39-33(36(41)42)22-29-17-18-34(43-29)23(2)3/h11-18,20-21,23-24,33H,6-10,19,22H2,1-5H3,(H,39,40)(H,41,42)/t33-/m0/s1. The van der Waals surface area contributed by atoms with E-state index in [9.17, 15) is 14.7 Å². The number of aliphatic carboxylic acids is 1. The second kappa shape index (κ2) is 13.0. The summed E-state index contributed by atoms with van der Waals surface area (Å²) in [6.07, 6.45) is 6.96. The lowest BCUT2D eigenvalue weighted by Crippen LogP contribution is -2.42. The summed E-state index contributed by atoms with van der Waals surface area (Å²) in [5.41, 5.74) is 4.95. The maximum Gasteiger partial charge on any atom is 0.326 e. The molecular weight excluding hydrogens is 552 g/mol. The molecule has 2 N–H and O–H groups in total. The summed E-state index contributed by atoms with van der Waals surface area (Å²) in [7, 11) is 0. The Labute approximate surface area is 259 Å². The van der Waals surface area contributed by atoms with Crippen LogP contribution in [0.2, 0.25) is 0 Å². The van der Waals surface area contributed by atoms with Gasteiger partial charge in [-0.05, 0) is 76.4 Å². The summed E-state index contributed by atoms with van der Waals surface area (Å²) in [4.78, 5) is 32.7. The first-order valence-corrected chi connectivity index (χ1v) is 16.5. The molecule has 1 saturated carbocycles. The van der Waals surface area contributed by atoms with Crippen molar-refractivity contribution in [2.75, 3.05) is 0 Å². The van der Waals surface area contributed by atoms with Crippen molar-refractivity contribution in [2.24, 2.45) is 5.92 Å². The number of nitrogens with zero attached hydrogens (tertiary/aromatic N) is 1. The Hall–Kier alpha value is -3.51. The Bertz CT molecular complexity index is 1600. The smallest absolute Gasteiger partial charge is 0.326 e. The van der Waals surface area contributed by atoms with Gasteiger partial charge in [0.05, 0.1) is 0 Å². The van der Waals surface area contributed by atoms with Crippen LogP contribution in [0.1, 0.15) is 104 Å². The predicted molar refractivity (Wildman–Crippen MR) is 177 cm³/mol. The summed E-state index contributed by atoms with van der Waals surface area (Å²) in [5.74, 6) is -0.558. The first-order chi connectivity index (χ1) is 20.5. The molecule has 0 spiro atoms. The molecule has 1 fully saturated rings. The molecule has 2 aromatic heterocycles. The van der Waals surface area contributed by atoms with Gasteiger partial charge in [-0.1, -0.05) is 96.7 Å². The van der Waals surface area contributed by atoms with Crippen LogP contribution in [0.25, 0.3) is 21.9 Å². The summed E-state index contributed by atoms with van der Waals surface area (Å²) in [6.45, 7) is 11.0. The van der Waals surface area contributed by atoms with E-state index in [0.717, 1.165) is 45.3 Å². The summed E-state index contributed by atoms with van der Waals surface area (Å²) < 4.78 is 0. The van der Waals surface area contributed by atoms with E-state index in [1.54, 1.807) is 17.4 Å². The highest BCUT2D eigenvalue weighted by Gasteiger charge is 2.25. The minimum atomic E-state index is -1.04. The highest BCUT2D eigenvalue weighted by atomic mass is 32.1. The Morgan fingerprint density at radius 3 is 2.33 bits per heavy atom. The number of carbonyl (C=O) groups excluding carboxylic acids is 1. The van der Waals surface area contributed by atoms with Crippen LogP contribution in [0.4, 0.5) is 0 Å². The number of rotatable bonds is 11. The van der Waals surface area contributed by atoms with Crippen LogP contribution >= 0.6 is 11.3 Å². The Morgan fingerprint density at radius 2 is 1.70 bits per heavy atom. The van der Waals surface area contributed by atoms with Gasteiger partial charge in [-0.15, -0.1) is 11.3 Å². The van der Waals surface area contributed by atoms with Gasteiger partial charge in [0, 0.05) is 27.3 Å². The molecule has 4 aromatic rings. The van der Waals surface area contributed by atoms with Crippen LogP contribution in [0.3, 0.4) is 0 Å². The molecule has 43 heavy (non-hydrogen) atoms. The van der Waals surface area contributed by atoms with E-state index in [4.69, 9.17) is 4.98 Å². The van der Waals surface area contributed by atoms with Gasteiger partial charge in [0.1, 0.15) is 11.7 Å². The number of pyridine rings is 1. The molecule has 6 heteroatoms. The molecule has 5 nitrogen and oxygen atoms in total. The lowest BCUT2D eigenvalue weighted by Gasteiger charge is -2.23. The zero-order valence-electron chi connectivity index (χ0n) is 26.1. The van der Waals surface area contributed by atoms with Gasteiger partial charge in [-0.25, -0.2) is 9.78 Å². The highest BCUT2D eigenvalue weighted by molar-refractivity contribution is 7.12. The van der Waals surface area contributed by atoms with Crippen molar-refractivity contribution in [3.8, 4) is 11.1 Å². The van der Waals surface area contributed by atoms with Crippen molar-refractivity contribution in [1.29, 1.82) is 0 Å². The van der Waals surface area contributed by atoms with E-state index < -0.39 is 17.9 Å². The molecule has 226 valence electrons. The summed E-state index contributed by atoms with van der Waals surface area (Å²) >= 11 is 1.60. The third-order valence-electron chi connectivity index (χ3n) is 9.25. The zero-order chi connectivity index (χ0) is 30.7. The molecule has 2 heterocycles. The quantitative estimate of drug-likeness (QED) is 0.181. The van der Waals surface area contributed by atoms with E-state index in [-0.39, 0.29) is 17.5 Å². The minimum absolute atomic E-state index is 0.137. The molecule has 5 rings (SSSR count). The monoisotopic (exact) mass is 596 g/mol. The third kappa shape index (κ3) is 7.18. The number of benzene rings is 2. The van der Waals surface area contributed by atoms with Gasteiger partial charge in [0.15, 0.2) is 0 Å². The largest absolute Gasteiger partial charge is 0.480 e. The molecule has 0 aliphatic heterocycles. The molecule has 0 radical (unpaired) electrons. The molecule has 1 atom stereocenters. The lowest BCUT2D eigenvalue weighted by molar-refractivity contribution is -0.139. The average molecular weight is 597 g/mol. The molecule has 1 aliphatic carbocycles. The first-order valence-electron chi connectivity index (χ1n) is 15.7. The van der Waals surface area contributed by atoms with Crippen LogP contribution in [-0.2, 0) is 23.1 Å². The van der Waals surface area contributed by atoms with Crippen LogP contribution < -0.4 is 5.32 Å². The third-order valence-corrected chi connectivity index (χ3v) is 10.7. The van der Waals surface area contributed by atoms with Gasteiger partial charge < -0.3 is 10.4 Å². The lowest BCUT2D eigenvalue weighted by atomic mass is 9.82. The number of carbonyl (C=O) groups is 2. The minimum Gasteiger partial charge on any atom is -0.480 e. The fraction of sp³-hybridized carbons (Fsp3) is 0.432. The van der Waals surface area contributed by atoms with Crippen LogP contribution in [0.15, 0.2) is 60.7 Å². The SMILES string of the molecule is CCC(C)(C)c1ccc(-c2ccc3cc(C(=O)N[C@@H](Cc4ccc(C(C)C)s4)C(=O)O)nc(CC4CCCC4)c3c2)cc1. The van der Waals surface area contributed by atoms with E-state index >= 15 is 0 Å². The van der Waals surface area contributed by atoms with Gasteiger partial charge in [0.25, 0.3) is 5.91 Å². The van der Waals surface area contributed by atoms with Crippen molar-refractivity contribution in [2.45, 2.75) is 96.9 Å². The van der Waals surface area contributed by atoms with Crippen molar-refractivity contribution in [1.82, 2.24) is 10.3 Å². The molecule has 1 aliphatic rings. The zero-order valence-corrected chi connectivity index (χ0v) is 26.9. The van der Waals surface area contributed by atoms with Crippen LogP contribution in [0, 0.1) is 5.92 Å². The van der Waals surface area contributed by atoms with Gasteiger partial charge in [-0.2, -0.15) is 0 Å². The number of carboxylic acids is 1. The van der Waals surface area contributed by atoms with Crippen LogP contribution in [0.5, 0.6) is 0 Å². The second-order valence-electron chi connectivity index (χ2n) is 13.1. The summed E-state index contributed by atoms with van der Waals surface area (Å²) in [5, 5.41) is 14.7. The average Bonchev–Trinajstić information content (AvgIpc) is 3.69. The molecule has 0 saturated heterocycles. The van der Waals surface area contributed by atoms with Gasteiger partial charge >= 0.3 is 5.97 Å². The highest BCUT2D eigenvalue weighted by Crippen LogP contribution is 2.34. The Morgan fingerprint density at radius 1 is 1.00 bits per heavy atom. The molecular formula is C37H44N2O3S. The summed E-state index contributed by atoms with van der Waals surface area (Å²) in [6, 6.07) is 20.0. The van der Waals surface area contributed by atoms with Crippen molar-refractivity contribution >= 4 is 34.0 Å². The number of amides is 1. The first kappa shape index (κ1) is 30.9. The number of aromatic nitrogens is 1. The number of hydrogen-bond acceptors (Lipinski definition) is 4. The second-order valence-corrected chi connectivity index (χ2v) is 14.3. The maximum atomic E-state index is 13.5. The fourth-order valence-corrected chi connectivity index (χ4v) is 7.08. The van der Waals surface area contributed by atoms with E-state index in [1.165, 1.54) is 36.1 Å². The number of carboxylic acid groups (broad SMARTS) is 1. The van der Waals surface area contributed by atoms with E-state index in [1.807, 2.05) is 12.1 Å². The normalized spacial score (nSPS) is 14.8. The van der Waals surface area contributed by atoms with Crippen molar-refractivity contribution in [3.63, 3.8) is 0 Å². The van der Waals surface area contributed by atoms with Crippen LogP contribution in [-0.4, -0.2) is 28.0 Å². The molecule has 1 amide bonds. The number of fused-ring (bicyclic) bond motifs is 1. The predicted octanol–water partition coefficient (Wildman–Crippen LogP) is 8.93. The fourth-order valence-electron chi connectivity index (χ4n) is 6.02. The number of hydrogen-bond donors (Lipinski definition) is 2. The number of nitrogens with one attached hydrogen (secondary N) is 1. The molecule has 2 aromatic carbocycles. The maximum absolute atomic E-state index is 13.5. The van der Waals surface area contributed by atoms with Gasteiger partial charge in [0.2, 0.25) is 0 Å². The van der Waals surface area contributed by atoms with E-state index in [2.05, 4.69) is 82.4 Å². The van der Waals surface area contributed by atoms with Crippen molar-refractivity contribution < 1.29 is 14.7 Å².